The molecule has 0 radical (unpaired) electrons. The molecule has 178 valence electrons. The highest BCUT2D eigenvalue weighted by Gasteiger charge is 2.26. The summed E-state index contributed by atoms with van der Waals surface area (Å²) >= 11 is 0. The minimum Gasteiger partial charge on any atom is -0.490 e. The number of carbonyl (C=O) groups excluding carboxylic acids is 1. The maximum absolute atomic E-state index is 13.0. The van der Waals surface area contributed by atoms with E-state index in [4.69, 9.17) is 15.3 Å². The number of aryl methyl sites for hydroxylation is 2. The summed E-state index contributed by atoms with van der Waals surface area (Å²) < 4.78 is 33.7. The van der Waals surface area contributed by atoms with Crippen molar-refractivity contribution in [2.45, 2.75) is 33.2 Å². The molecule has 1 aliphatic rings. The number of rotatable bonds is 6. The van der Waals surface area contributed by atoms with Gasteiger partial charge in [0.05, 0.1) is 22.5 Å². The standard InChI is InChI=1S/C22H26N8O3S/c1-13-11-30(14(2)26-13)18-10-15(8-9-25-18)21(31)27-22(3,4)12-33-17-7-5-6-16-19(17)20(23)29-34(24,32)28-16/h5-11H,12H2,1-4H3,(H,27,31)(H4,23,24,28,29,32). The number of anilines is 1. The molecule has 0 spiro atoms. The molecule has 5 N–H and O–H groups in total. The number of carbonyl (C=O) groups is 1. The van der Waals surface area contributed by atoms with E-state index in [0.29, 0.717) is 28.4 Å². The second kappa shape index (κ2) is 8.45. The van der Waals surface area contributed by atoms with E-state index in [1.54, 1.807) is 36.5 Å². The Bertz CT molecular complexity index is 1410. The van der Waals surface area contributed by atoms with Crippen molar-refractivity contribution < 1.29 is 13.7 Å². The number of imidazole rings is 1. The van der Waals surface area contributed by atoms with E-state index in [1.807, 2.05) is 38.5 Å². The summed E-state index contributed by atoms with van der Waals surface area (Å²) in [6, 6.07) is 8.38. The van der Waals surface area contributed by atoms with E-state index >= 15 is 0 Å². The van der Waals surface area contributed by atoms with Crippen LogP contribution in [0.25, 0.3) is 5.82 Å². The van der Waals surface area contributed by atoms with Crippen LogP contribution in [0.15, 0.2) is 47.1 Å². The summed E-state index contributed by atoms with van der Waals surface area (Å²) in [5.74, 6) is 1.46. The first-order valence-corrected chi connectivity index (χ1v) is 12.0. The molecule has 2 aromatic heterocycles. The van der Waals surface area contributed by atoms with E-state index in [-0.39, 0.29) is 18.3 Å². The number of hydrogen-bond donors (Lipinski definition) is 4. The summed E-state index contributed by atoms with van der Waals surface area (Å²) in [7, 11) is -3.39. The number of pyridine rings is 1. The Hall–Kier alpha value is -3.93. The van der Waals surface area contributed by atoms with Gasteiger partial charge in [-0.1, -0.05) is 6.07 Å². The number of nitrogens with one attached hydrogen (secondary N) is 3. The zero-order valence-electron chi connectivity index (χ0n) is 19.2. The van der Waals surface area contributed by atoms with Crippen molar-refractivity contribution in [1.82, 2.24) is 19.9 Å². The molecule has 12 heteroatoms. The lowest BCUT2D eigenvalue weighted by Crippen LogP contribution is -2.48. The normalized spacial score (nSPS) is 17.4. The zero-order chi connectivity index (χ0) is 24.7. The molecule has 1 aromatic carbocycles. The molecule has 0 saturated heterocycles. The first kappa shape index (κ1) is 23.2. The Morgan fingerprint density at radius 1 is 1.32 bits per heavy atom. The van der Waals surface area contributed by atoms with Crippen molar-refractivity contribution in [1.29, 1.82) is 4.78 Å². The van der Waals surface area contributed by atoms with Crippen molar-refractivity contribution in [3.05, 3.63) is 65.4 Å². The van der Waals surface area contributed by atoms with Crippen molar-refractivity contribution >= 4 is 27.5 Å². The van der Waals surface area contributed by atoms with E-state index in [0.717, 1.165) is 11.5 Å². The minimum absolute atomic E-state index is 0.0412. The Labute approximate surface area is 197 Å². The molecule has 0 aliphatic carbocycles. The lowest BCUT2D eigenvalue weighted by atomic mass is 10.1. The van der Waals surface area contributed by atoms with Gasteiger partial charge in [0.1, 0.15) is 29.8 Å². The number of ether oxygens (including phenoxy) is 1. The van der Waals surface area contributed by atoms with Crippen LogP contribution in [0.2, 0.25) is 0 Å². The molecule has 0 bridgehead atoms. The quantitative estimate of drug-likeness (QED) is 0.422. The van der Waals surface area contributed by atoms with Gasteiger partial charge in [-0.3, -0.25) is 14.1 Å². The van der Waals surface area contributed by atoms with Crippen LogP contribution in [-0.4, -0.2) is 42.6 Å². The van der Waals surface area contributed by atoms with Crippen LogP contribution in [0.5, 0.6) is 5.75 Å². The van der Waals surface area contributed by atoms with Crippen LogP contribution in [0.4, 0.5) is 5.69 Å². The Balaban J connectivity index is 1.48. The number of nitrogens with zero attached hydrogens (tertiary/aromatic N) is 4. The average Bonchev–Trinajstić information content (AvgIpc) is 3.09. The third-order valence-electron chi connectivity index (χ3n) is 5.06. The summed E-state index contributed by atoms with van der Waals surface area (Å²) in [5.41, 5.74) is 7.34. The molecule has 3 aromatic rings. The molecule has 1 atom stereocenters. The van der Waals surface area contributed by atoms with Crippen molar-refractivity contribution in [2.75, 3.05) is 11.3 Å². The maximum Gasteiger partial charge on any atom is 0.252 e. The molecular formula is C22H26N8O3S. The van der Waals surface area contributed by atoms with Crippen molar-refractivity contribution in [3.63, 3.8) is 0 Å². The number of nitrogens with two attached hydrogens (primary N) is 1. The Morgan fingerprint density at radius 3 is 2.79 bits per heavy atom. The largest absolute Gasteiger partial charge is 0.490 e. The van der Waals surface area contributed by atoms with Crippen molar-refractivity contribution in [3.8, 4) is 11.6 Å². The molecule has 4 rings (SSSR count). The molecular weight excluding hydrogens is 456 g/mol. The highest BCUT2D eigenvalue weighted by molar-refractivity contribution is 7.92. The van der Waals surface area contributed by atoms with E-state index in [9.17, 15) is 9.00 Å². The highest BCUT2D eigenvalue weighted by Crippen LogP contribution is 2.31. The molecule has 0 fully saturated rings. The number of benzene rings is 1. The fourth-order valence-electron chi connectivity index (χ4n) is 3.57. The molecule has 1 amide bonds. The number of fused-ring (bicyclic) bond motifs is 1. The van der Waals surface area contributed by atoms with Gasteiger partial charge in [-0.2, -0.15) is 0 Å². The summed E-state index contributed by atoms with van der Waals surface area (Å²) in [4.78, 5) is 21.7. The van der Waals surface area contributed by atoms with Gasteiger partial charge in [-0.05, 0) is 52.0 Å². The SMILES string of the molecule is Cc1cn(-c2cc(C(=O)NC(C)(C)COc3cccc4c3C(N)=NS(=N)(=O)N4)ccn2)c(C)n1. The fourth-order valence-corrected chi connectivity index (χ4v) is 4.45. The van der Waals surface area contributed by atoms with E-state index in [2.05, 4.69) is 24.4 Å². The zero-order valence-corrected chi connectivity index (χ0v) is 20.1. The monoisotopic (exact) mass is 482 g/mol. The van der Waals surface area contributed by atoms with Gasteiger partial charge in [0.2, 0.25) is 10.1 Å². The Morgan fingerprint density at radius 2 is 2.09 bits per heavy atom. The topological polar surface area (TPSA) is 160 Å². The number of hydrogen-bond acceptors (Lipinski definition) is 7. The van der Waals surface area contributed by atoms with Crippen molar-refractivity contribution in [2.24, 2.45) is 10.1 Å². The van der Waals surface area contributed by atoms with Crippen LogP contribution in [-0.2, 0) is 10.1 Å². The number of aromatic nitrogens is 3. The van der Waals surface area contributed by atoms with Gasteiger partial charge in [0, 0.05) is 18.0 Å². The second-order valence-electron chi connectivity index (χ2n) is 8.61. The molecule has 1 unspecified atom stereocenters. The number of amidine groups is 1. The molecule has 11 nitrogen and oxygen atoms in total. The predicted octanol–water partition coefficient (Wildman–Crippen LogP) is 2.48. The van der Waals surface area contributed by atoms with E-state index < -0.39 is 15.6 Å². The van der Waals surface area contributed by atoms with E-state index in [1.165, 1.54) is 0 Å². The van der Waals surface area contributed by atoms with Gasteiger partial charge in [0.25, 0.3) is 5.91 Å². The third kappa shape index (κ3) is 4.86. The lowest BCUT2D eigenvalue weighted by Gasteiger charge is -2.28. The summed E-state index contributed by atoms with van der Waals surface area (Å²) in [6.45, 7) is 7.55. The molecule has 0 saturated carbocycles. The lowest BCUT2D eigenvalue weighted by molar-refractivity contribution is 0.0880. The first-order chi connectivity index (χ1) is 15.9. The molecule has 3 heterocycles. The van der Waals surface area contributed by atoms with Crippen LogP contribution in [0.1, 0.15) is 41.3 Å². The Kier molecular flexibility index (Phi) is 5.77. The maximum atomic E-state index is 13.0. The van der Waals surface area contributed by atoms with Crippen LogP contribution in [0, 0.1) is 18.6 Å². The van der Waals surface area contributed by atoms with Gasteiger partial charge < -0.3 is 15.8 Å². The minimum atomic E-state index is -3.39. The van der Waals surface area contributed by atoms with Gasteiger partial charge in [-0.25, -0.2) is 19.0 Å². The summed E-state index contributed by atoms with van der Waals surface area (Å²) in [5, 5.41) is 2.98. The second-order valence-corrected chi connectivity index (χ2v) is 10.1. The summed E-state index contributed by atoms with van der Waals surface area (Å²) in [6.07, 6.45) is 3.44. The van der Waals surface area contributed by atoms with Gasteiger partial charge >= 0.3 is 0 Å². The van der Waals surface area contributed by atoms with Gasteiger partial charge in [-0.15, -0.1) is 4.40 Å². The third-order valence-corrected chi connectivity index (χ3v) is 6.01. The molecule has 1 aliphatic heterocycles. The van der Waals surface area contributed by atoms with Crippen LogP contribution >= 0.6 is 0 Å². The van der Waals surface area contributed by atoms with Gasteiger partial charge in [0.15, 0.2) is 0 Å². The average molecular weight is 483 g/mol. The molecule has 34 heavy (non-hydrogen) atoms. The smallest absolute Gasteiger partial charge is 0.252 e. The fraction of sp³-hybridized carbons (Fsp3) is 0.273. The van der Waals surface area contributed by atoms with Crippen LogP contribution in [0.3, 0.4) is 0 Å². The number of amides is 1. The first-order valence-electron chi connectivity index (χ1n) is 10.4. The van der Waals surface area contributed by atoms with Crippen LogP contribution < -0.4 is 20.5 Å². The highest BCUT2D eigenvalue weighted by atomic mass is 32.2. The predicted molar refractivity (Wildman–Crippen MR) is 130 cm³/mol.